The van der Waals surface area contributed by atoms with Gasteiger partial charge < -0.3 is 10.4 Å². The molecule has 2 N–H and O–H groups in total. The Hall–Kier alpha value is -2.42. The van der Waals surface area contributed by atoms with E-state index in [2.05, 4.69) is 10.4 Å². The quantitative estimate of drug-likeness (QED) is 0.809. The van der Waals surface area contributed by atoms with Crippen molar-refractivity contribution >= 4 is 17.5 Å². The fourth-order valence-electron chi connectivity index (χ4n) is 2.29. The van der Waals surface area contributed by atoms with Gasteiger partial charge in [-0.1, -0.05) is 30.3 Å². The number of carbonyl (C=O) groups is 2. The molecule has 0 spiro atoms. The van der Waals surface area contributed by atoms with Crippen LogP contribution in [0.1, 0.15) is 18.9 Å². The molecule has 1 aromatic carbocycles. The molecular weight excluding hydrogens is 327 g/mol. The molecule has 2 rings (SSSR count). The Morgan fingerprint density at radius 2 is 1.96 bits per heavy atom. The van der Waals surface area contributed by atoms with E-state index in [-0.39, 0.29) is 17.3 Å². The van der Waals surface area contributed by atoms with Gasteiger partial charge in [-0.2, -0.15) is 23.3 Å². The summed E-state index contributed by atoms with van der Waals surface area (Å²) in [6.45, 7) is 1.30. The zero-order valence-electron chi connectivity index (χ0n) is 12.8. The van der Waals surface area contributed by atoms with E-state index in [9.17, 15) is 27.9 Å². The molecule has 1 atom stereocenters. The normalized spacial score (nSPS) is 20.7. The summed E-state index contributed by atoms with van der Waals surface area (Å²) in [5.74, 6) is -2.81. The Labute approximate surface area is 135 Å². The van der Waals surface area contributed by atoms with Gasteiger partial charge in [-0.05, 0) is 18.9 Å². The topological polar surface area (TPSA) is 82.0 Å². The third kappa shape index (κ3) is 3.56. The number of benzene rings is 1. The molecule has 0 aromatic heterocycles. The van der Waals surface area contributed by atoms with Gasteiger partial charge in [0.15, 0.2) is 0 Å². The number of aliphatic hydroxyl groups is 1. The van der Waals surface area contributed by atoms with Gasteiger partial charge in [-0.3, -0.25) is 9.59 Å². The first kappa shape index (κ1) is 17.9. The van der Waals surface area contributed by atoms with E-state index in [0.717, 1.165) is 5.56 Å². The summed E-state index contributed by atoms with van der Waals surface area (Å²) in [4.78, 5) is 23.7. The minimum Gasteiger partial charge on any atom is -0.362 e. The van der Waals surface area contributed by atoms with Crippen molar-refractivity contribution in [3.63, 3.8) is 0 Å². The van der Waals surface area contributed by atoms with E-state index in [1.165, 1.54) is 6.92 Å². The van der Waals surface area contributed by atoms with Gasteiger partial charge in [0, 0.05) is 18.7 Å². The highest BCUT2D eigenvalue weighted by Crippen LogP contribution is 2.40. The molecule has 1 aliphatic rings. The van der Waals surface area contributed by atoms with Crippen molar-refractivity contribution in [1.82, 2.24) is 10.3 Å². The first-order valence-corrected chi connectivity index (χ1v) is 7.14. The zero-order chi connectivity index (χ0) is 18.0. The number of carbonyl (C=O) groups excluding carboxylic acids is 2. The Morgan fingerprint density at radius 3 is 2.54 bits per heavy atom. The van der Waals surface area contributed by atoms with E-state index < -0.39 is 30.1 Å². The van der Waals surface area contributed by atoms with Gasteiger partial charge in [0.25, 0.3) is 5.72 Å². The van der Waals surface area contributed by atoms with Crippen LogP contribution in [0.2, 0.25) is 0 Å². The van der Waals surface area contributed by atoms with Gasteiger partial charge >= 0.3 is 18.0 Å². The van der Waals surface area contributed by atoms with Crippen molar-refractivity contribution in [2.45, 2.75) is 31.7 Å². The molecule has 24 heavy (non-hydrogen) atoms. The number of hydrazone groups is 1. The molecule has 1 aliphatic heterocycles. The largest absolute Gasteiger partial charge is 0.438 e. The lowest BCUT2D eigenvalue weighted by Crippen LogP contribution is -2.59. The van der Waals surface area contributed by atoms with E-state index in [0.29, 0.717) is 6.42 Å². The molecule has 9 heteroatoms. The first-order valence-electron chi connectivity index (χ1n) is 7.14. The van der Waals surface area contributed by atoms with Crippen molar-refractivity contribution in [3.05, 3.63) is 35.9 Å². The van der Waals surface area contributed by atoms with Gasteiger partial charge in [0.05, 0.1) is 0 Å². The molecule has 0 radical (unpaired) electrons. The summed E-state index contributed by atoms with van der Waals surface area (Å²) in [7, 11) is 0. The van der Waals surface area contributed by atoms with Crippen LogP contribution in [0, 0.1) is 0 Å². The number of halogens is 3. The molecule has 0 fully saturated rings. The number of amides is 2. The van der Waals surface area contributed by atoms with Crippen LogP contribution in [0.25, 0.3) is 0 Å². The van der Waals surface area contributed by atoms with Crippen LogP contribution in [-0.2, 0) is 16.0 Å². The Morgan fingerprint density at radius 1 is 1.33 bits per heavy atom. The van der Waals surface area contributed by atoms with Crippen LogP contribution in [0.5, 0.6) is 0 Å². The van der Waals surface area contributed by atoms with E-state index in [1.807, 2.05) is 18.2 Å². The molecule has 0 bridgehead atoms. The standard InChI is InChI=1S/C15H16F3N3O3/c1-10-9-14(24,15(16,17)18)21(20-10)13(23)12(22)19-8-7-11-5-3-2-4-6-11/h2-6,24H,7-9H2,1H3,(H,19,22)/t14-/m0/s1. The summed E-state index contributed by atoms with van der Waals surface area (Å²) in [6.07, 6.45) is -5.61. The predicted molar refractivity (Wildman–Crippen MR) is 78.7 cm³/mol. The Kier molecular flexibility index (Phi) is 4.93. The molecular formula is C15H16F3N3O3. The maximum absolute atomic E-state index is 13.0. The van der Waals surface area contributed by atoms with Gasteiger partial charge in [-0.15, -0.1) is 0 Å². The second-order valence-corrected chi connectivity index (χ2v) is 5.43. The van der Waals surface area contributed by atoms with Gasteiger partial charge in [0.1, 0.15) is 0 Å². The minimum absolute atomic E-state index is 0.0650. The lowest BCUT2D eigenvalue weighted by Gasteiger charge is -2.32. The predicted octanol–water partition coefficient (Wildman–Crippen LogP) is 1.20. The zero-order valence-corrected chi connectivity index (χ0v) is 12.8. The monoisotopic (exact) mass is 343 g/mol. The summed E-state index contributed by atoms with van der Waals surface area (Å²) < 4.78 is 39.0. The fraction of sp³-hybridized carbons (Fsp3) is 0.400. The van der Waals surface area contributed by atoms with E-state index in [4.69, 9.17) is 0 Å². The summed E-state index contributed by atoms with van der Waals surface area (Å²) in [5, 5.41) is 15.2. The molecule has 1 aromatic rings. The number of hydrogen-bond donors (Lipinski definition) is 2. The van der Waals surface area contributed by atoms with Crippen molar-refractivity contribution in [1.29, 1.82) is 0 Å². The lowest BCUT2D eigenvalue weighted by atomic mass is 10.1. The molecule has 0 saturated carbocycles. The number of rotatable bonds is 3. The first-order chi connectivity index (χ1) is 11.1. The maximum atomic E-state index is 13.0. The molecule has 6 nitrogen and oxygen atoms in total. The fourth-order valence-corrected chi connectivity index (χ4v) is 2.29. The van der Waals surface area contributed by atoms with Crippen molar-refractivity contribution in [2.24, 2.45) is 5.10 Å². The van der Waals surface area contributed by atoms with Crippen molar-refractivity contribution < 1.29 is 27.9 Å². The highest BCUT2D eigenvalue weighted by Gasteiger charge is 2.63. The second-order valence-electron chi connectivity index (χ2n) is 5.43. The van der Waals surface area contributed by atoms with Crippen molar-refractivity contribution in [2.75, 3.05) is 6.54 Å². The van der Waals surface area contributed by atoms with Crippen molar-refractivity contribution in [3.8, 4) is 0 Å². The van der Waals surface area contributed by atoms with E-state index in [1.54, 1.807) is 12.1 Å². The maximum Gasteiger partial charge on any atom is 0.438 e. The number of nitrogens with zero attached hydrogens (tertiary/aromatic N) is 2. The molecule has 0 saturated heterocycles. The number of nitrogens with one attached hydrogen (secondary N) is 1. The highest BCUT2D eigenvalue weighted by atomic mass is 19.4. The van der Waals surface area contributed by atoms with Crippen LogP contribution < -0.4 is 5.32 Å². The average molecular weight is 343 g/mol. The molecule has 2 amide bonds. The Bertz CT molecular complexity index is 661. The molecule has 0 unspecified atom stereocenters. The number of alkyl halides is 3. The van der Waals surface area contributed by atoms with Gasteiger partial charge in [-0.25, -0.2) is 0 Å². The molecule has 0 aliphatic carbocycles. The third-order valence-corrected chi connectivity index (χ3v) is 3.51. The second kappa shape index (κ2) is 6.60. The van der Waals surface area contributed by atoms with Gasteiger partial charge in [0.2, 0.25) is 0 Å². The molecule has 1 heterocycles. The van der Waals surface area contributed by atoms with E-state index >= 15 is 0 Å². The minimum atomic E-state index is -5.13. The van der Waals surface area contributed by atoms with Crippen LogP contribution in [0.3, 0.4) is 0 Å². The summed E-state index contributed by atoms with van der Waals surface area (Å²) in [6, 6.07) is 9.03. The highest BCUT2D eigenvalue weighted by molar-refractivity contribution is 6.35. The smallest absolute Gasteiger partial charge is 0.362 e. The van der Waals surface area contributed by atoms with Crippen LogP contribution in [-0.4, -0.2) is 46.1 Å². The summed E-state index contributed by atoms with van der Waals surface area (Å²) in [5.41, 5.74) is -2.70. The Balaban J connectivity index is 2.00. The SMILES string of the molecule is CC1=NN(C(=O)C(=O)NCCc2ccccc2)[C@@](O)(C(F)(F)F)C1. The third-order valence-electron chi connectivity index (χ3n) is 3.51. The van der Waals surface area contributed by atoms with Crippen LogP contribution in [0.15, 0.2) is 35.4 Å². The number of hydrogen-bond acceptors (Lipinski definition) is 4. The van der Waals surface area contributed by atoms with Crippen LogP contribution >= 0.6 is 0 Å². The summed E-state index contributed by atoms with van der Waals surface area (Å²) >= 11 is 0. The average Bonchev–Trinajstić information content (AvgIpc) is 2.83. The molecule has 130 valence electrons. The van der Waals surface area contributed by atoms with Crippen LogP contribution in [0.4, 0.5) is 13.2 Å². The lowest BCUT2D eigenvalue weighted by molar-refractivity contribution is -0.301.